The summed E-state index contributed by atoms with van der Waals surface area (Å²) in [5, 5.41) is 18.1. The SMILES string of the molecule is NCC[C@H](N)c1cc(C(=O)O)cc(F)c1O. The molecule has 6 N–H and O–H groups in total. The van der Waals surface area contributed by atoms with E-state index in [1.165, 1.54) is 0 Å². The van der Waals surface area contributed by atoms with E-state index in [0.29, 0.717) is 6.42 Å². The van der Waals surface area contributed by atoms with Crippen LogP contribution in [0.1, 0.15) is 28.4 Å². The fourth-order valence-electron chi connectivity index (χ4n) is 1.36. The number of phenolic OH excluding ortho intramolecular Hbond substituents is 1. The zero-order valence-electron chi connectivity index (χ0n) is 8.48. The zero-order valence-corrected chi connectivity index (χ0v) is 8.48. The Morgan fingerprint density at radius 3 is 2.62 bits per heavy atom. The summed E-state index contributed by atoms with van der Waals surface area (Å²) in [5.41, 5.74) is 10.7. The average molecular weight is 228 g/mol. The molecule has 0 saturated heterocycles. The minimum Gasteiger partial charge on any atom is -0.505 e. The largest absolute Gasteiger partial charge is 0.505 e. The molecule has 0 saturated carbocycles. The first-order valence-corrected chi connectivity index (χ1v) is 4.68. The minimum atomic E-state index is -1.28. The van der Waals surface area contributed by atoms with E-state index in [2.05, 4.69) is 0 Å². The van der Waals surface area contributed by atoms with Gasteiger partial charge in [-0.25, -0.2) is 9.18 Å². The quantitative estimate of drug-likeness (QED) is 0.602. The first-order valence-electron chi connectivity index (χ1n) is 4.68. The molecule has 0 amide bonds. The Hall–Kier alpha value is -1.66. The van der Waals surface area contributed by atoms with Crippen LogP contribution in [0.4, 0.5) is 4.39 Å². The predicted molar refractivity (Wildman–Crippen MR) is 55.6 cm³/mol. The van der Waals surface area contributed by atoms with Crippen LogP contribution in [0, 0.1) is 5.82 Å². The summed E-state index contributed by atoms with van der Waals surface area (Å²) in [4.78, 5) is 10.7. The Labute approximate surface area is 91.5 Å². The molecule has 1 atom stereocenters. The number of halogens is 1. The second-order valence-electron chi connectivity index (χ2n) is 3.38. The van der Waals surface area contributed by atoms with E-state index < -0.39 is 23.6 Å². The smallest absolute Gasteiger partial charge is 0.335 e. The number of phenols is 1. The summed E-state index contributed by atoms with van der Waals surface area (Å²) in [6, 6.07) is 1.22. The highest BCUT2D eigenvalue weighted by atomic mass is 19.1. The summed E-state index contributed by atoms with van der Waals surface area (Å²) in [7, 11) is 0. The summed E-state index contributed by atoms with van der Waals surface area (Å²) in [5.74, 6) is -2.89. The average Bonchev–Trinajstić information content (AvgIpc) is 2.21. The molecule has 16 heavy (non-hydrogen) atoms. The molecule has 1 aromatic rings. The number of hydrogen-bond acceptors (Lipinski definition) is 4. The topological polar surface area (TPSA) is 110 Å². The first-order chi connectivity index (χ1) is 7.47. The number of benzene rings is 1. The lowest BCUT2D eigenvalue weighted by Crippen LogP contribution is -2.16. The Morgan fingerprint density at radius 1 is 1.50 bits per heavy atom. The van der Waals surface area contributed by atoms with Crippen molar-refractivity contribution in [2.75, 3.05) is 6.54 Å². The minimum absolute atomic E-state index is 0.0582. The molecule has 0 bridgehead atoms. The van der Waals surface area contributed by atoms with E-state index in [1.807, 2.05) is 0 Å². The second kappa shape index (κ2) is 4.91. The molecule has 0 aliphatic heterocycles. The Morgan fingerprint density at radius 2 is 2.12 bits per heavy atom. The normalized spacial score (nSPS) is 12.4. The first kappa shape index (κ1) is 12.4. The third-order valence-corrected chi connectivity index (χ3v) is 2.22. The van der Waals surface area contributed by atoms with Crippen LogP contribution >= 0.6 is 0 Å². The number of nitrogens with two attached hydrogens (primary N) is 2. The van der Waals surface area contributed by atoms with Gasteiger partial charge < -0.3 is 21.7 Å². The molecular formula is C10H13FN2O3. The summed E-state index contributed by atoms with van der Waals surface area (Å²) in [6.45, 7) is 0.263. The van der Waals surface area contributed by atoms with Gasteiger partial charge >= 0.3 is 5.97 Å². The van der Waals surface area contributed by atoms with Crippen LogP contribution in [0.5, 0.6) is 5.75 Å². The highest BCUT2D eigenvalue weighted by molar-refractivity contribution is 5.88. The van der Waals surface area contributed by atoms with Gasteiger partial charge in [0.15, 0.2) is 11.6 Å². The van der Waals surface area contributed by atoms with Crippen molar-refractivity contribution in [2.45, 2.75) is 12.5 Å². The van der Waals surface area contributed by atoms with E-state index in [9.17, 15) is 14.3 Å². The van der Waals surface area contributed by atoms with Gasteiger partial charge in [-0.05, 0) is 25.1 Å². The predicted octanol–water partition coefficient (Wildman–Crippen LogP) is 0.578. The lowest BCUT2D eigenvalue weighted by molar-refractivity contribution is 0.0696. The third kappa shape index (κ3) is 2.47. The lowest BCUT2D eigenvalue weighted by Gasteiger charge is -2.13. The summed E-state index contributed by atoms with van der Waals surface area (Å²) >= 11 is 0. The molecule has 5 nitrogen and oxygen atoms in total. The molecule has 0 fully saturated rings. The standard InChI is InChI=1S/C10H13FN2O3/c11-7-4-5(10(15)16)3-6(9(7)14)8(13)1-2-12/h3-4,8,14H,1-2,12-13H2,(H,15,16)/t8-/m0/s1. The van der Waals surface area contributed by atoms with E-state index in [0.717, 1.165) is 12.1 Å². The van der Waals surface area contributed by atoms with E-state index in [1.54, 1.807) is 0 Å². The molecule has 6 heteroatoms. The van der Waals surface area contributed by atoms with E-state index in [-0.39, 0.29) is 17.7 Å². The van der Waals surface area contributed by atoms with Crippen molar-refractivity contribution in [3.63, 3.8) is 0 Å². The number of carboxylic acid groups (broad SMARTS) is 1. The molecule has 0 unspecified atom stereocenters. The van der Waals surface area contributed by atoms with Crippen molar-refractivity contribution in [1.82, 2.24) is 0 Å². The van der Waals surface area contributed by atoms with Crippen LogP contribution < -0.4 is 11.5 Å². The number of aromatic hydroxyl groups is 1. The molecule has 0 radical (unpaired) electrons. The molecule has 0 aliphatic rings. The van der Waals surface area contributed by atoms with Gasteiger partial charge in [0.25, 0.3) is 0 Å². The Kier molecular flexibility index (Phi) is 3.81. The van der Waals surface area contributed by atoms with E-state index in [4.69, 9.17) is 16.6 Å². The molecule has 0 aliphatic carbocycles. The maximum atomic E-state index is 13.2. The van der Waals surface area contributed by atoms with Gasteiger partial charge in [-0.1, -0.05) is 0 Å². The maximum Gasteiger partial charge on any atom is 0.335 e. The van der Waals surface area contributed by atoms with Gasteiger partial charge in [0.05, 0.1) is 5.56 Å². The second-order valence-corrected chi connectivity index (χ2v) is 3.38. The van der Waals surface area contributed by atoms with Crippen LogP contribution in [0.15, 0.2) is 12.1 Å². The molecule has 1 aromatic carbocycles. The van der Waals surface area contributed by atoms with Crippen LogP contribution in [-0.2, 0) is 0 Å². The summed E-state index contributed by atoms with van der Waals surface area (Å²) in [6.07, 6.45) is 0.329. The van der Waals surface area contributed by atoms with Crippen LogP contribution in [-0.4, -0.2) is 22.7 Å². The number of aromatic carboxylic acids is 1. The summed E-state index contributed by atoms with van der Waals surface area (Å²) < 4.78 is 13.2. The van der Waals surface area contributed by atoms with E-state index >= 15 is 0 Å². The van der Waals surface area contributed by atoms with Crippen molar-refractivity contribution in [3.8, 4) is 5.75 Å². The highest BCUT2D eigenvalue weighted by Gasteiger charge is 2.17. The maximum absolute atomic E-state index is 13.2. The lowest BCUT2D eigenvalue weighted by atomic mass is 10.0. The van der Waals surface area contributed by atoms with Gasteiger partial charge in [0.1, 0.15) is 0 Å². The molecule has 88 valence electrons. The molecule has 0 heterocycles. The third-order valence-electron chi connectivity index (χ3n) is 2.22. The highest BCUT2D eigenvalue weighted by Crippen LogP contribution is 2.28. The van der Waals surface area contributed by atoms with Crippen LogP contribution in [0.25, 0.3) is 0 Å². The van der Waals surface area contributed by atoms with Crippen LogP contribution in [0.3, 0.4) is 0 Å². The Balaban J connectivity index is 3.21. The van der Waals surface area contributed by atoms with Crippen molar-refractivity contribution >= 4 is 5.97 Å². The number of carboxylic acids is 1. The van der Waals surface area contributed by atoms with Gasteiger partial charge in [0, 0.05) is 11.6 Å². The van der Waals surface area contributed by atoms with Crippen LogP contribution in [0.2, 0.25) is 0 Å². The van der Waals surface area contributed by atoms with Gasteiger partial charge in [-0.3, -0.25) is 0 Å². The molecule has 1 rings (SSSR count). The molecule has 0 aromatic heterocycles. The van der Waals surface area contributed by atoms with Crippen molar-refractivity contribution in [3.05, 3.63) is 29.1 Å². The zero-order chi connectivity index (χ0) is 12.3. The molecular weight excluding hydrogens is 215 g/mol. The van der Waals surface area contributed by atoms with Gasteiger partial charge in [0.2, 0.25) is 0 Å². The number of carbonyl (C=O) groups is 1. The number of hydrogen-bond donors (Lipinski definition) is 4. The fraction of sp³-hybridized carbons (Fsp3) is 0.300. The van der Waals surface area contributed by atoms with Gasteiger partial charge in [-0.15, -0.1) is 0 Å². The monoisotopic (exact) mass is 228 g/mol. The van der Waals surface area contributed by atoms with Crippen molar-refractivity contribution < 1.29 is 19.4 Å². The van der Waals surface area contributed by atoms with Crippen molar-refractivity contribution in [1.29, 1.82) is 0 Å². The fourth-order valence-corrected chi connectivity index (χ4v) is 1.36. The Bertz CT molecular complexity index is 409. The molecule has 0 spiro atoms. The van der Waals surface area contributed by atoms with Crippen molar-refractivity contribution in [2.24, 2.45) is 11.5 Å². The van der Waals surface area contributed by atoms with Gasteiger partial charge in [-0.2, -0.15) is 0 Å². The number of rotatable bonds is 4.